The molecule has 4 rings (SSSR count). The quantitative estimate of drug-likeness (QED) is 0.590. The molecule has 0 spiro atoms. The number of carbonyl (C=O) groups is 2. The molecule has 1 aliphatic carbocycles. The van der Waals surface area contributed by atoms with Crippen molar-refractivity contribution in [2.75, 3.05) is 0 Å². The maximum absolute atomic E-state index is 13.3. The van der Waals surface area contributed by atoms with Gasteiger partial charge in [-0.1, -0.05) is 30.1 Å². The van der Waals surface area contributed by atoms with Gasteiger partial charge in [0.1, 0.15) is 11.6 Å². The minimum absolute atomic E-state index is 0.0494. The fourth-order valence-corrected chi connectivity index (χ4v) is 3.88. The first-order valence-corrected chi connectivity index (χ1v) is 10.5. The number of rotatable bonds is 7. The third kappa shape index (κ3) is 5.19. The summed E-state index contributed by atoms with van der Waals surface area (Å²) in [6.45, 7) is 0.387. The second-order valence-electron chi connectivity index (χ2n) is 7.87. The zero-order valence-corrected chi connectivity index (χ0v) is 17.4. The number of nitrogens with one attached hydrogen (secondary N) is 1. The molecule has 0 bridgehead atoms. The number of amides is 2. The largest absolute Gasteiger partial charge is 0.359 e. The van der Waals surface area contributed by atoms with E-state index in [9.17, 15) is 18.4 Å². The Labute approximate surface area is 184 Å². The number of benzene rings is 2. The molecule has 0 saturated heterocycles. The number of halogens is 2. The van der Waals surface area contributed by atoms with Crippen molar-refractivity contribution in [2.24, 2.45) is 0 Å². The summed E-state index contributed by atoms with van der Waals surface area (Å²) in [5.74, 6) is -1.000. The van der Waals surface area contributed by atoms with E-state index in [-0.39, 0.29) is 36.5 Å². The van der Waals surface area contributed by atoms with Crippen LogP contribution in [-0.4, -0.2) is 27.9 Å². The highest BCUT2D eigenvalue weighted by molar-refractivity contribution is 5.94. The highest BCUT2D eigenvalue weighted by Gasteiger charge is 2.29. The smallest absolute Gasteiger partial charge is 0.273 e. The van der Waals surface area contributed by atoms with Crippen molar-refractivity contribution < 1.29 is 22.9 Å². The Kier molecular flexibility index (Phi) is 6.58. The molecule has 0 radical (unpaired) electrons. The summed E-state index contributed by atoms with van der Waals surface area (Å²) in [4.78, 5) is 27.2. The van der Waals surface area contributed by atoms with E-state index in [1.54, 1.807) is 17.0 Å². The molecule has 3 aromatic rings. The average Bonchev–Trinajstić information content (AvgIpc) is 3.49. The lowest BCUT2D eigenvalue weighted by Crippen LogP contribution is -2.38. The van der Waals surface area contributed by atoms with Crippen LogP contribution in [0.2, 0.25) is 0 Å². The van der Waals surface area contributed by atoms with Gasteiger partial charge in [0.25, 0.3) is 11.8 Å². The van der Waals surface area contributed by atoms with Crippen molar-refractivity contribution in [3.8, 4) is 0 Å². The van der Waals surface area contributed by atoms with E-state index in [1.165, 1.54) is 42.5 Å². The third-order valence-corrected chi connectivity index (χ3v) is 5.60. The molecule has 2 aromatic carbocycles. The van der Waals surface area contributed by atoms with Crippen molar-refractivity contribution in [1.82, 2.24) is 15.4 Å². The van der Waals surface area contributed by atoms with Crippen LogP contribution in [0.1, 0.15) is 57.9 Å². The number of carbonyl (C=O) groups excluding carboxylic acids is 2. The van der Waals surface area contributed by atoms with Crippen molar-refractivity contribution in [3.63, 3.8) is 0 Å². The van der Waals surface area contributed by atoms with Crippen molar-refractivity contribution >= 4 is 11.8 Å². The van der Waals surface area contributed by atoms with Gasteiger partial charge < -0.3 is 14.7 Å². The van der Waals surface area contributed by atoms with Crippen LogP contribution in [-0.2, 0) is 13.1 Å². The lowest BCUT2D eigenvalue weighted by molar-refractivity contribution is 0.0643. The first-order valence-electron chi connectivity index (χ1n) is 10.5. The molecule has 1 aliphatic rings. The number of nitrogens with zero attached hydrogens (tertiary/aromatic N) is 2. The summed E-state index contributed by atoms with van der Waals surface area (Å²) >= 11 is 0. The molecule has 0 atom stereocenters. The SMILES string of the molecule is O=C(NCc1ccc(F)cc1)c1cc(CN(C(=O)c2ccc(F)cc2)C2CCCC2)on1. The van der Waals surface area contributed by atoms with E-state index in [2.05, 4.69) is 10.5 Å². The fraction of sp³-hybridized carbons (Fsp3) is 0.292. The van der Waals surface area contributed by atoms with Crippen LogP contribution in [0.25, 0.3) is 0 Å². The maximum atomic E-state index is 13.3. The van der Waals surface area contributed by atoms with Gasteiger partial charge in [0.05, 0.1) is 6.54 Å². The normalized spacial score (nSPS) is 13.8. The molecule has 1 saturated carbocycles. The molecular weight excluding hydrogens is 416 g/mol. The summed E-state index contributed by atoms with van der Waals surface area (Å²) in [6, 6.07) is 12.8. The van der Waals surface area contributed by atoms with E-state index >= 15 is 0 Å². The Balaban J connectivity index is 1.43. The summed E-state index contributed by atoms with van der Waals surface area (Å²) in [5, 5.41) is 6.54. The highest BCUT2D eigenvalue weighted by atomic mass is 19.1. The molecule has 8 heteroatoms. The van der Waals surface area contributed by atoms with Gasteiger partial charge in [0.2, 0.25) is 0 Å². The number of hydrogen-bond acceptors (Lipinski definition) is 4. The summed E-state index contributed by atoms with van der Waals surface area (Å²) < 4.78 is 31.6. The maximum Gasteiger partial charge on any atom is 0.273 e. The number of hydrogen-bond donors (Lipinski definition) is 1. The van der Waals surface area contributed by atoms with Crippen molar-refractivity contribution in [1.29, 1.82) is 0 Å². The first-order chi connectivity index (χ1) is 15.5. The summed E-state index contributed by atoms with van der Waals surface area (Å²) in [6.07, 6.45) is 3.83. The van der Waals surface area contributed by atoms with Gasteiger partial charge in [-0.05, 0) is 54.8 Å². The summed E-state index contributed by atoms with van der Waals surface area (Å²) in [5.41, 5.74) is 1.25. The van der Waals surface area contributed by atoms with Gasteiger partial charge in [-0.2, -0.15) is 0 Å². The Bertz CT molecular complexity index is 1070. The Morgan fingerprint density at radius 3 is 2.28 bits per heavy atom. The molecule has 32 heavy (non-hydrogen) atoms. The Morgan fingerprint density at radius 2 is 1.62 bits per heavy atom. The van der Waals surface area contributed by atoms with Crippen molar-refractivity contribution in [2.45, 2.75) is 44.8 Å². The Morgan fingerprint density at radius 1 is 1.00 bits per heavy atom. The average molecular weight is 439 g/mol. The number of aromatic nitrogens is 1. The lowest BCUT2D eigenvalue weighted by atomic mass is 10.1. The monoisotopic (exact) mass is 439 g/mol. The van der Waals surface area contributed by atoms with E-state index in [4.69, 9.17) is 4.52 Å². The molecule has 1 aromatic heterocycles. The molecule has 1 N–H and O–H groups in total. The topological polar surface area (TPSA) is 75.4 Å². The predicted molar refractivity (Wildman–Crippen MR) is 113 cm³/mol. The van der Waals surface area contributed by atoms with Gasteiger partial charge in [0, 0.05) is 24.2 Å². The van der Waals surface area contributed by atoms with E-state index in [0.29, 0.717) is 11.3 Å². The Hall–Kier alpha value is -3.55. The predicted octanol–water partition coefficient (Wildman–Crippen LogP) is 4.47. The standard InChI is InChI=1S/C24H23F2N3O3/c25-18-9-5-16(6-10-18)14-27-23(30)22-13-21(32-28-22)15-29(20-3-1-2-4-20)24(31)17-7-11-19(26)12-8-17/h5-13,20H,1-4,14-15H2,(H,27,30). The van der Waals surface area contributed by atoms with E-state index in [1.807, 2.05) is 0 Å². The molecule has 0 unspecified atom stereocenters. The fourth-order valence-electron chi connectivity index (χ4n) is 3.88. The molecule has 0 aliphatic heterocycles. The molecule has 6 nitrogen and oxygen atoms in total. The zero-order chi connectivity index (χ0) is 22.5. The minimum Gasteiger partial charge on any atom is -0.359 e. The van der Waals surface area contributed by atoms with Gasteiger partial charge in [0.15, 0.2) is 11.5 Å². The molecule has 1 heterocycles. The minimum atomic E-state index is -0.429. The zero-order valence-electron chi connectivity index (χ0n) is 17.4. The van der Waals surface area contributed by atoms with Crippen molar-refractivity contribution in [3.05, 3.63) is 88.8 Å². The van der Waals surface area contributed by atoms with E-state index < -0.39 is 11.7 Å². The van der Waals surface area contributed by atoms with Crippen LogP contribution in [0.5, 0.6) is 0 Å². The highest BCUT2D eigenvalue weighted by Crippen LogP contribution is 2.27. The van der Waals surface area contributed by atoms with Gasteiger partial charge >= 0.3 is 0 Å². The summed E-state index contributed by atoms with van der Waals surface area (Å²) in [7, 11) is 0. The van der Waals surface area contributed by atoms with E-state index in [0.717, 1.165) is 31.2 Å². The van der Waals surface area contributed by atoms with Gasteiger partial charge in [-0.3, -0.25) is 9.59 Å². The van der Waals surface area contributed by atoms with Crippen LogP contribution < -0.4 is 5.32 Å². The van der Waals surface area contributed by atoms with Crippen LogP contribution in [0, 0.1) is 11.6 Å². The molecule has 1 fully saturated rings. The second-order valence-corrected chi connectivity index (χ2v) is 7.87. The molecule has 2 amide bonds. The van der Waals surface area contributed by atoms with Gasteiger partial charge in [-0.15, -0.1) is 0 Å². The van der Waals surface area contributed by atoms with Crippen LogP contribution >= 0.6 is 0 Å². The van der Waals surface area contributed by atoms with Crippen LogP contribution in [0.15, 0.2) is 59.1 Å². The van der Waals surface area contributed by atoms with Crippen LogP contribution in [0.3, 0.4) is 0 Å². The second kappa shape index (κ2) is 9.72. The molecule has 166 valence electrons. The lowest BCUT2D eigenvalue weighted by Gasteiger charge is -2.28. The third-order valence-electron chi connectivity index (χ3n) is 5.60. The van der Waals surface area contributed by atoms with Crippen LogP contribution in [0.4, 0.5) is 8.78 Å². The first kappa shape index (κ1) is 21.7. The molecular formula is C24H23F2N3O3. The van der Waals surface area contributed by atoms with Gasteiger partial charge in [-0.25, -0.2) is 8.78 Å².